The fraction of sp³-hybridized carbons (Fsp3) is 0.278. The molecule has 2 rings (SSSR count). The van der Waals surface area contributed by atoms with E-state index in [2.05, 4.69) is 26.6 Å². The summed E-state index contributed by atoms with van der Waals surface area (Å²) in [5, 5.41) is 5.73. The van der Waals surface area contributed by atoms with Crippen LogP contribution in [0.15, 0.2) is 53.0 Å². The molecule has 2 amide bonds. The first kappa shape index (κ1) is 18.3. The van der Waals surface area contributed by atoms with Crippen LogP contribution in [-0.2, 0) is 4.74 Å². The minimum Gasteiger partial charge on any atom is -0.491 e. The summed E-state index contributed by atoms with van der Waals surface area (Å²) in [5.41, 5.74) is 1.72. The van der Waals surface area contributed by atoms with Gasteiger partial charge >= 0.3 is 6.03 Å². The van der Waals surface area contributed by atoms with Gasteiger partial charge in [-0.25, -0.2) is 4.79 Å². The number of ether oxygens (including phenoxy) is 2. The zero-order valence-corrected chi connectivity index (χ0v) is 15.3. The van der Waals surface area contributed by atoms with Crippen molar-refractivity contribution in [2.45, 2.75) is 13.0 Å². The average Bonchev–Trinajstić information content (AvgIpc) is 2.57. The molecular formula is C18H21BrN2O3. The molecule has 1 unspecified atom stereocenters. The Balaban J connectivity index is 1.87. The molecule has 0 heterocycles. The molecule has 6 heteroatoms. The molecule has 128 valence electrons. The number of nitrogens with one attached hydrogen (secondary N) is 2. The summed E-state index contributed by atoms with van der Waals surface area (Å²) in [6.07, 6.45) is 0. The van der Waals surface area contributed by atoms with Crippen LogP contribution in [0.1, 0.15) is 18.5 Å². The predicted molar refractivity (Wildman–Crippen MR) is 98.5 cm³/mol. The third-order valence-electron chi connectivity index (χ3n) is 3.39. The van der Waals surface area contributed by atoms with E-state index in [9.17, 15) is 4.79 Å². The number of carbonyl (C=O) groups excluding carboxylic acids is 1. The smallest absolute Gasteiger partial charge is 0.319 e. The van der Waals surface area contributed by atoms with Gasteiger partial charge in [0.05, 0.1) is 12.6 Å². The third kappa shape index (κ3) is 5.54. The monoisotopic (exact) mass is 392 g/mol. The van der Waals surface area contributed by atoms with Crippen molar-refractivity contribution in [3.05, 3.63) is 58.6 Å². The Labute approximate surface area is 150 Å². The highest BCUT2D eigenvalue weighted by molar-refractivity contribution is 9.10. The molecule has 0 aromatic heterocycles. The van der Waals surface area contributed by atoms with Crippen LogP contribution in [0.5, 0.6) is 5.75 Å². The SMILES string of the molecule is COCCOc1ccc(NC(=O)NC(C)c2ccccc2Br)cc1. The number of methoxy groups -OCH3 is 1. The van der Waals surface area contributed by atoms with E-state index in [4.69, 9.17) is 9.47 Å². The van der Waals surface area contributed by atoms with E-state index in [0.29, 0.717) is 18.9 Å². The average molecular weight is 393 g/mol. The molecule has 0 bridgehead atoms. The van der Waals surface area contributed by atoms with Crippen molar-refractivity contribution >= 4 is 27.6 Å². The van der Waals surface area contributed by atoms with Crippen LogP contribution in [0, 0.1) is 0 Å². The van der Waals surface area contributed by atoms with E-state index in [-0.39, 0.29) is 12.1 Å². The Kier molecular flexibility index (Phi) is 7.08. The molecule has 2 N–H and O–H groups in total. The quantitative estimate of drug-likeness (QED) is 0.688. The van der Waals surface area contributed by atoms with Gasteiger partial charge in [0, 0.05) is 17.3 Å². The van der Waals surface area contributed by atoms with E-state index in [1.807, 2.05) is 43.3 Å². The van der Waals surface area contributed by atoms with Crippen LogP contribution in [0.4, 0.5) is 10.5 Å². The van der Waals surface area contributed by atoms with Gasteiger partial charge in [-0.15, -0.1) is 0 Å². The lowest BCUT2D eigenvalue weighted by molar-refractivity contribution is 0.146. The van der Waals surface area contributed by atoms with E-state index >= 15 is 0 Å². The van der Waals surface area contributed by atoms with Gasteiger partial charge in [-0.1, -0.05) is 34.1 Å². The molecule has 2 aromatic rings. The fourth-order valence-corrected chi connectivity index (χ4v) is 2.77. The zero-order chi connectivity index (χ0) is 17.4. The van der Waals surface area contributed by atoms with Crippen molar-refractivity contribution in [3.8, 4) is 5.75 Å². The number of rotatable bonds is 7. The minimum atomic E-state index is -0.258. The van der Waals surface area contributed by atoms with Crippen molar-refractivity contribution in [3.63, 3.8) is 0 Å². The van der Waals surface area contributed by atoms with Crippen molar-refractivity contribution < 1.29 is 14.3 Å². The fourth-order valence-electron chi connectivity index (χ4n) is 2.15. The standard InChI is InChI=1S/C18H21BrN2O3/c1-13(16-5-3-4-6-17(16)19)20-18(22)21-14-7-9-15(10-8-14)24-12-11-23-2/h3-10,13H,11-12H2,1-2H3,(H2,20,21,22). The molecule has 0 aliphatic carbocycles. The van der Waals surface area contributed by atoms with Crippen molar-refractivity contribution in [2.75, 3.05) is 25.6 Å². The second kappa shape index (κ2) is 9.30. The maximum Gasteiger partial charge on any atom is 0.319 e. The Morgan fingerprint density at radius 2 is 1.83 bits per heavy atom. The van der Waals surface area contributed by atoms with Gasteiger partial charge in [0.15, 0.2) is 0 Å². The van der Waals surface area contributed by atoms with Crippen LogP contribution in [0.2, 0.25) is 0 Å². The second-order valence-corrected chi connectivity index (χ2v) is 6.06. The number of urea groups is 1. The number of anilines is 1. The predicted octanol–water partition coefficient (Wildman–Crippen LogP) is 4.36. The zero-order valence-electron chi connectivity index (χ0n) is 13.7. The van der Waals surface area contributed by atoms with Gasteiger partial charge < -0.3 is 20.1 Å². The normalized spacial score (nSPS) is 11.6. The number of carbonyl (C=O) groups is 1. The third-order valence-corrected chi connectivity index (χ3v) is 4.11. The van der Waals surface area contributed by atoms with Crippen molar-refractivity contribution in [1.82, 2.24) is 5.32 Å². The van der Waals surface area contributed by atoms with Crippen molar-refractivity contribution in [1.29, 1.82) is 0 Å². The summed E-state index contributed by atoms with van der Waals surface area (Å²) < 4.78 is 11.4. The number of amides is 2. The molecule has 0 fully saturated rings. The highest BCUT2D eigenvalue weighted by Gasteiger charge is 2.12. The first-order valence-electron chi connectivity index (χ1n) is 7.64. The van der Waals surface area contributed by atoms with Gasteiger partial charge in [-0.2, -0.15) is 0 Å². The lowest BCUT2D eigenvalue weighted by Gasteiger charge is -2.16. The first-order chi connectivity index (χ1) is 11.6. The molecule has 1 atom stereocenters. The Hall–Kier alpha value is -2.05. The Bertz CT molecular complexity index is 662. The molecule has 0 saturated heterocycles. The molecule has 24 heavy (non-hydrogen) atoms. The van der Waals surface area contributed by atoms with Crippen molar-refractivity contribution in [2.24, 2.45) is 0 Å². The molecule has 0 saturated carbocycles. The van der Waals surface area contributed by atoms with Crippen LogP contribution < -0.4 is 15.4 Å². The van der Waals surface area contributed by atoms with E-state index < -0.39 is 0 Å². The summed E-state index contributed by atoms with van der Waals surface area (Å²) in [6.45, 7) is 2.97. The molecule has 5 nitrogen and oxygen atoms in total. The topological polar surface area (TPSA) is 59.6 Å². The van der Waals surface area contributed by atoms with Gasteiger partial charge in [0.2, 0.25) is 0 Å². The highest BCUT2D eigenvalue weighted by atomic mass is 79.9. The highest BCUT2D eigenvalue weighted by Crippen LogP contribution is 2.23. The molecule has 2 aromatic carbocycles. The second-order valence-electron chi connectivity index (χ2n) is 5.21. The molecule has 0 aliphatic heterocycles. The van der Waals surface area contributed by atoms with Crippen LogP contribution in [-0.4, -0.2) is 26.4 Å². The van der Waals surface area contributed by atoms with Gasteiger partial charge in [-0.3, -0.25) is 0 Å². The number of benzene rings is 2. The van der Waals surface area contributed by atoms with Gasteiger partial charge in [-0.05, 0) is 42.8 Å². The minimum absolute atomic E-state index is 0.114. The maximum absolute atomic E-state index is 12.1. The van der Waals surface area contributed by atoms with Crippen LogP contribution in [0.3, 0.4) is 0 Å². The number of hydrogen-bond donors (Lipinski definition) is 2. The lowest BCUT2D eigenvalue weighted by atomic mass is 10.1. The Morgan fingerprint density at radius 1 is 1.12 bits per heavy atom. The van der Waals surface area contributed by atoms with E-state index in [1.54, 1.807) is 19.2 Å². The summed E-state index contributed by atoms with van der Waals surface area (Å²) in [6, 6.07) is 14.6. The number of hydrogen-bond acceptors (Lipinski definition) is 3. The number of halogens is 1. The maximum atomic E-state index is 12.1. The summed E-state index contributed by atoms with van der Waals surface area (Å²) >= 11 is 3.49. The molecule has 0 aliphatic rings. The van der Waals surface area contributed by atoms with Crippen LogP contribution >= 0.6 is 15.9 Å². The molecule has 0 radical (unpaired) electrons. The van der Waals surface area contributed by atoms with Crippen LogP contribution in [0.25, 0.3) is 0 Å². The van der Waals surface area contributed by atoms with E-state index in [1.165, 1.54) is 0 Å². The molecule has 0 spiro atoms. The van der Waals surface area contributed by atoms with E-state index in [0.717, 1.165) is 15.8 Å². The van der Waals surface area contributed by atoms with Gasteiger partial charge in [0.1, 0.15) is 12.4 Å². The largest absolute Gasteiger partial charge is 0.491 e. The summed E-state index contributed by atoms with van der Waals surface area (Å²) in [4.78, 5) is 12.1. The first-order valence-corrected chi connectivity index (χ1v) is 8.43. The summed E-state index contributed by atoms with van der Waals surface area (Å²) in [5.74, 6) is 0.736. The molecular weight excluding hydrogens is 372 g/mol. The summed E-state index contributed by atoms with van der Waals surface area (Å²) in [7, 11) is 1.63. The van der Waals surface area contributed by atoms with Gasteiger partial charge in [0.25, 0.3) is 0 Å². The lowest BCUT2D eigenvalue weighted by Crippen LogP contribution is -2.31. The Morgan fingerprint density at radius 3 is 2.50 bits per heavy atom.